The SMILES string of the molecule is COc1cc(CCN(C(C)=C2CCC2)c2cccc3ccccc23)cc(OC)c1. The minimum absolute atomic E-state index is 0.838. The van der Waals surface area contributed by atoms with Crippen LogP contribution in [-0.2, 0) is 6.42 Å². The number of ether oxygens (including phenoxy) is 2. The van der Waals surface area contributed by atoms with E-state index in [2.05, 4.69) is 66.4 Å². The van der Waals surface area contributed by atoms with Crippen molar-refractivity contribution in [2.24, 2.45) is 0 Å². The van der Waals surface area contributed by atoms with Gasteiger partial charge in [-0.1, -0.05) is 42.0 Å². The maximum absolute atomic E-state index is 5.46. The van der Waals surface area contributed by atoms with Gasteiger partial charge >= 0.3 is 0 Å². The second-order valence-electron chi connectivity index (χ2n) is 7.66. The monoisotopic (exact) mass is 387 g/mol. The van der Waals surface area contributed by atoms with Crippen LogP contribution in [0.25, 0.3) is 10.8 Å². The van der Waals surface area contributed by atoms with Gasteiger partial charge in [0.05, 0.1) is 14.2 Å². The Balaban J connectivity index is 1.69. The fourth-order valence-corrected chi connectivity index (χ4v) is 4.07. The van der Waals surface area contributed by atoms with Crippen molar-refractivity contribution >= 4 is 16.5 Å². The Morgan fingerprint density at radius 2 is 1.59 bits per heavy atom. The Hall–Kier alpha value is -2.94. The largest absolute Gasteiger partial charge is 0.497 e. The van der Waals surface area contributed by atoms with Crippen molar-refractivity contribution in [1.29, 1.82) is 0 Å². The normalized spacial score (nSPS) is 13.1. The molecule has 0 amide bonds. The summed E-state index contributed by atoms with van der Waals surface area (Å²) in [5.41, 5.74) is 5.50. The van der Waals surface area contributed by atoms with E-state index in [0.29, 0.717) is 0 Å². The molecule has 3 heteroatoms. The molecule has 4 rings (SSSR count). The Morgan fingerprint density at radius 1 is 0.897 bits per heavy atom. The van der Waals surface area contributed by atoms with E-state index < -0.39 is 0 Å². The van der Waals surface area contributed by atoms with Crippen molar-refractivity contribution < 1.29 is 9.47 Å². The van der Waals surface area contributed by atoms with Gasteiger partial charge in [-0.2, -0.15) is 0 Å². The summed E-state index contributed by atoms with van der Waals surface area (Å²) < 4.78 is 10.9. The molecule has 0 bridgehead atoms. The quantitative estimate of drug-likeness (QED) is 0.470. The van der Waals surface area contributed by atoms with E-state index in [1.807, 2.05) is 6.07 Å². The maximum Gasteiger partial charge on any atom is 0.122 e. The molecular weight excluding hydrogens is 358 g/mol. The Kier molecular flexibility index (Phi) is 5.75. The summed E-state index contributed by atoms with van der Waals surface area (Å²) in [5, 5.41) is 2.59. The molecule has 1 aliphatic carbocycles. The molecule has 3 aromatic carbocycles. The van der Waals surface area contributed by atoms with Crippen LogP contribution < -0.4 is 14.4 Å². The van der Waals surface area contributed by atoms with Gasteiger partial charge in [0.2, 0.25) is 0 Å². The van der Waals surface area contributed by atoms with Gasteiger partial charge in [-0.05, 0) is 61.8 Å². The molecule has 0 saturated heterocycles. The van der Waals surface area contributed by atoms with Gasteiger partial charge in [0.25, 0.3) is 0 Å². The fraction of sp³-hybridized carbons (Fsp3) is 0.308. The van der Waals surface area contributed by atoms with Crippen LogP contribution in [-0.4, -0.2) is 20.8 Å². The number of hydrogen-bond acceptors (Lipinski definition) is 3. The maximum atomic E-state index is 5.46. The number of methoxy groups -OCH3 is 2. The van der Waals surface area contributed by atoms with Gasteiger partial charge in [0.15, 0.2) is 0 Å². The minimum Gasteiger partial charge on any atom is -0.497 e. The van der Waals surface area contributed by atoms with Gasteiger partial charge in [-0.3, -0.25) is 0 Å². The van der Waals surface area contributed by atoms with E-state index in [1.54, 1.807) is 19.8 Å². The molecule has 1 saturated carbocycles. The van der Waals surface area contributed by atoms with Crippen molar-refractivity contribution in [3.05, 3.63) is 77.5 Å². The average Bonchev–Trinajstić information content (AvgIpc) is 2.72. The van der Waals surface area contributed by atoms with E-state index in [-0.39, 0.29) is 0 Å². The summed E-state index contributed by atoms with van der Waals surface area (Å²) in [6.07, 6.45) is 4.67. The van der Waals surface area contributed by atoms with E-state index in [0.717, 1.165) is 24.5 Å². The first-order valence-electron chi connectivity index (χ1n) is 10.4. The Bertz CT molecular complexity index is 1000. The zero-order chi connectivity index (χ0) is 20.2. The molecule has 150 valence electrons. The van der Waals surface area contributed by atoms with Crippen molar-refractivity contribution in [1.82, 2.24) is 0 Å². The summed E-state index contributed by atoms with van der Waals surface area (Å²) in [6, 6.07) is 21.4. The van der Waals surface area contributed by atoms with E-state index in [9.17, 15) is 0 Å². The van der Waals surface area contributed by atoms with Crippen LogP contribution in [0.4, 0.5) is 5.69 Å². The number of anilines is 1. The molecule has 3 nitrogen and oxygen atoms in total. The molecule has 0 unspecified atom stereocenters. The van der Waals surface area contributed by atoms with Crippen LogP contribution in [0.5, 0.6) is 11.5 Å². The second kappa shape index (κ2) is 8.60. The third-order valence-electron chi connectivity index (χ3n) is 5.97. The summed E-state index contributed by atoms with van der Waals surface area (Å²) in [5.74, 6) is 1.68. The van der Waals surface area contributed by atoms with Crippen LogP contribution >= 0.6 is 0 Å². The number of benzene rings is 3. The summed E-state index contributed by atoms with van der Waals surface area (Å²) >= 11 is 0. The van der Waals surface area contributed by atoms with E-state index in [1.165, 1.54) is 47.0 Å². The lowest BCUT2D eigenvalue weighted by atomic mass is 9.90. The van der Waals surface area contributed by atoms with Crippen LogP contribution in [0.15, 0.2) is 71.9 Å². The molecule has 3 aromatic rings. The molecule has 0 heterocycles. The van der Waals surface area contributed by atoms with Crippen molar-refractivity contribution in [2.45, 2.75) is 32.6 Å². The lowest BCUT2D eigenvalue weighted by Crippen LogP contribution is -2.26. The van der Waals surface area contributed by atoms with Gasteiger partial charge in [-0.25, -0.2) is 0 Å². The molecule has 0 aliphatic heterocycles. The average molecular weight is 388 g/mol. The highest BCUT2D eigenvalue weighted by Gasteiger charge is 2.19. The minimum atomic E-state index is 0.838. The number of fused-ring (bicyclic) bond motifs is 1. The van der Waals surface area contributed by atoms with Crippen LogP contribution in [0.3, 0.4) is 0 Å². The zero-order valence-corrected chi connectivity index (χ0v) is 17.6. The number of nitrogens with zero attached hydrogens (tertiary/aromatic N) is 1. The molecule has 0 atom stereocenters. The molecule has 0 spiro atoms. The van der Waals surface area contributed by atoms with Crippen LogP contribution in [0, 0.1) is 0 Å². The van der Waals surface area contributed by atoms with E-state index in [4.69, 9.17) is 9.47 Å². The van der Waals surface area contributed by atoms with Crippen LogP contribution in [0.2, 0.25) is 0 Å². The fourth-order valence-electron chi connectivity index (χ4n) is 4.07. The lowest BCUT2D eigenvalue weighted by molar-refractivity contribution is 0.393. The first-order chi connectivity index (χ1) is 14.2. The Morgan fingerprint density at radius 3 is 2.24 bits per heavy atom. The summed E-state index contributed by atoms with van der Waals surface area (Å²) in [6.45, 7) is 3.20. The van der Waals surface area contributed by atoms with Gasteiger partial charge < -0.3 is 14.4 Å². The second-order valence-corrected chi connectivity index (χ2v) is 7.66. The molecule has 1 fully saturated rings. The standard InChI is InChI=1S/C26H29NO2/c1-19(21-9-6-10-21)27(26-13-7-11-22-8-4-5-12-25(22)26)15-14-20-16-23(28-2)18-24(17-20)29-3/h4-5,7-8,11-13,16-18H,6,9-10,14-15H2,1-3H3. The number of rotatable bonds is 7. The number of hydrogen-bond donors (Lipinski definition) is 0. The molecule has 29 heavy (non-hydrogen) atoms. The number of allylic oxidation sites excluding steroid dienone is 2. The zero-order valence-electron chi connectivity index (χ0n) is 17.6. The highest BCUT2D eigenvalue weighted by Crippen LogP contribution is 2.35. The smallest absolute Gasteiger partial charge is 0.122 e. The highest BCUT2D eigenvalue weighted by atomic mass is 16.5. The third-order valence-corrected chi connectivity index (χ3v) is 5.97. The predicted molar refractivity (Wildman–Crippen MR) is 121 cm³/mol. The van der Waals surface area contributed by atoms with Crippen molar-refractivity contribution in [3.8, 4) is 11.5 Å². The van der Waals surface area contributed by atoms with E-state index >= 15 is 0 Å². The molecule has 0 radical (unpaired) electrons. The van der Waals surface area contributed by atoms with Gasteiger partial charge in [0.1, 0.15) is 11.5 Å². The molecule has 0 aromatic heterocycles. The predicted octanol–water partition coefficient (Wildman–Crippen LogP) is 6.36. The van der Waals surface area contributed by atoms with Crippen molar-refractivity contribution in [2.75, 3.05) is 25.7 Å². The Labute approximate surface area is 173 Å². The molecular formula is C26H29NO2. The summed E-state index contributed by atoms with van der Waals surface area (Å²) in [4.78, 5) is 2.50. The first kappa shape index (κ1) is 19.4. The van der Waals surface area contributed by atoms with Crippen molar-refractivity contribution in [3.63, 3.8) is 0 Å². The van der Waals surface area contributed by atoms with Gasteiger partial charge in [-0.15, -0.1) is 0 Å². The summed E-state index contributed by atoms with van der Waals surface area (Å²) in [7, 11) is 3.40. The van der Waals surface area contributed by atoms with Gasteiger partial charge in [0, 0.05) is 29.4 Å². The lowest BCUT2D eigenvalue weighted by Gasteiger charge is -2.32. The third kappa shape index (κ3) is 4.09. The first-order valence-corrected chi connectivity index (χ1v) is 10.4. The molecule has 1 aliphatic rings. The highest BCUT2D eigenvalue weighted by molar-refractivity contribution is 5.95. The topological polar surface area (TPSA) is 21.7 Å². The molecule has 0 N–H and O–H groups in total. The van der Waals surface area contributed by atoms with Crippen LogP contribution in [0.1, 0.15) is 31.7 Å².